The van der Waals surface area contributed by atoms with Crippen LogP contribution in [-0.4, -0.2) is 25.1 Å². The zero-order valence-corrected chi connectivity index (χ0v) is 11.9. The van der Waals surface area contributed by atoms with Gasteiger partial charge in [-0.2, -0.15) is 0 Å². The van der Waals surface area contributed by atoms with Crippen LogP contribution < -0.4 is 14.6 Å². The molecule has 0 aromatic heterocycles. The van der Waals surface area contributed by atoms with E-state index in [9.17, 15) is 20.0 Å². The first-order valence-corrected chi connectivity index (χ1v) is 6.20. The first-order chi connectivity index (χ1) is 10.5. The minimum Gasteiger partial charge on any atom is -0.545 e. The standard InChI is InChI=1S/C15H13NO6/c1-21-11-5-3-4-9(6-11)12-7-10(15(17)18)8-13(16(19)20)14(12)22-2/h3-8H,1-2H3,(H,17,18)/p-1. The van der Waals surface area contributed by atoms with Gasteiger partial charge in [0.15, 0.2) is 0 Å². The smallest absolute Gasteiger partial charge is 0.312 e. The number of ether oxygens (including phenoxy) is 2. The topological polar surface area (TPSA) is 102 Å². The highest BCUT2D eigenvalue weighted by atomic mass is 16.6. The number of nitrogens with zero attached hydrogens (tertiary/aromatic N) is 1. The van der Waals surface area contributed by atoms with E-state index >= 15 is 0 Å². The third-order valence-corrected chi connectivity index (χ3v) is 3.09. The van der Waals surface area contributed by atoms with E-state index in [1.54, 1.807) is 24.3 Å². The summed E-state index contributed by atoms with van der Waals surface area (Å²) in [7, 11) is 2.76. The number of nitro groups is 1. The molecule has 0 spiro atoms. The Balaban J connectivity index is 2.76. The number of benzene rings is 2. The Morgan fingerprint density at radius 3 is 2.41 bits per heavy atom. The van der Waals surface area contributed by atoms with Gasteiger partial charge in [-0.05, 0) is 23.8 Å². The Bertz CT molecular complexity index is 741. The summed E-state index contributed by atoms with van der Waals surface area (Å²) >= 11 is 0. The molecule has 0 atom stereocenters. The van der Waals surface area contributed by atoms with Gasteiger partial charge in [-0.25, -0.2) is 0 Å². The van der Waals surface area contributed by atoms with Gasteiger partial charge in [-0.1, -0.05) is 12.1 Å². The number of aromatic carboxylic acids is 1. The number of hydrogen-bond donors (Lipinski definition) is 0. The Hall–Kier alpha value is -3.09. The fourth-order valence-electron chi connectivity index (χ4n) is 2.09. The van der Waals surface area contributed by atoms with Crippen molar-refractivity contribution in [2.75, 3.05) is 14.2 Å². The van der Waals surface area contributed by atoms with Crippen LogP contribution in [0.1, 0.15) is 10.4 Å². The monoisotopic (exact) mass is 302 g/mol. The molecule has 0 aliphatic heterocycles. The molecule has 0 aliphatic rings. The first-order valence-electron chi connectivity index (χ1n) is 6.20. The number of nitro benzene ring substituents is 1. The van der Waals surface area contributed by atoms with Crippen LogP contribution in [0.15, 0.2) is 36.4 Å². The van der Waals surface area contributed by atoms with E-state index in [4.69, 9.17) is 9.47 Å². The summed E-state index contributed by atoms with van der Waals surface area (Å²) < 4.78 is 10.2. The minimum atomic E-state index is -1.50. The maximum Gasteiger partial charge on any atom is 0.312 e. The highest BCUT2D eigenvalue weighted by Crippen LogP contribution is 2.39. The van der Waals surface area contributed by atoms with Crippen molar-refractivity contribution in [2.45, 2.75) is 0 Å². The van der Waals surface area contributed by atoms with Crippen molar-refractivity contribution in [1.82, 2.24) is 0 Å². The molecule has 0 saturated carbocycles. The lowest BCUT2D eigenvalue weighted by Crippen LogP contribution is -2.22. The predicted octanol–water partition coefficient (Wildman–Crippen LogP) is 1.64. The van der Waals surface area contributed by atoms with E-state index in [0.29, 0.717) is 11.3 Å². The van der Waals surface area contributed by atoms with Gasteiger partial charge in [-0.3, -0.25) is 10.1 Å². The molecule has 22 heavy (non-hydrogen) atoms. The van der Waals surface area contributed by atoms with Gasteiger partial charge in [0, 0.05) is 17.2 Å². The lowest BCUT2D eigenvalue weighted by atomic mass is 10.00. The summed E-state index contributed by atoms with van der Waals surface area (Å²) in [4.78, 5) is 21.5. The second kappa shape index (κ2) is 6.13. The third kappa shape index (κ3) is 2.83. The van der Waals surface area contributed by atoms with E-state index in [2.05, 4.69) is 0 Å². The SMILES string of the molecule is COc1cccc(-c2cc(C(=O)[O-])cc([N+](=O)[O-])c2OC)c1. The molecule has 2 rings (SSSR count). The zero-order chi connectivity index (χ0) is 16.3. The van der Waals surface area contributed by atoms with E-state index in [0.717, 1.165) is 6.07 Å². The van der Waals surface area contributed by atoms with E-state index in [-0.39, 0.29) is 16.9 Å². The fourth-order valence-corrected chi connectivity index (χ4v) is 2.09. The van der Waals surface area contributed by atoms with Crippen LogP contribution in [0.25, 0.3) is 11.1 Å². The molecule has 0 heterocycles. The number of carbonyl (C=O) groups is 1. The van der Waals surface area contributed by atoms with Gasteiger partial charge >= 0.3 is 5.69 Å². The number of methoxy groups -OCH3 is 2. The molecule has 0 aliphatic carbocycles. The molecule has 0 amide bonds. The van der Waals surface area contributed by atoms with Crippen molar-refractivity contribution in [1.29, 1.82) is 0 Å². The molecule has 2 aromatic carbocycles. The van der Waals surface area contributed by atoms with Crippen LogP contribution in [-0.2, 0) is 0 Å². The molecule has 0 radical (unpaired) electrons. The quantitative estimate of drug-likeness (QED) is 0.614. The predicted molar refractivity (Wildman–Crippen MR) is 76.0 cm³/mol. The lowest BCUT2D eigenvalue weighted by Gasteiger charge is -2.13. The molecular weight excluding hydrogens is 290 g/mol. The summed E-state index contributed by atoms with van der Waals surface area (Å²) in [6.45, 7) is 0. The highest BCUT2D eigenvalue weighted by molar-refractivity contribution is 5.91. The Morgan fingerprint density at radius 2 is 1.86 bits per heavy atom. The molecule has 0 bridgehead atoms. The van der Waals surface area contributed by atoms with Crippen LogP contribution in [0.5, 0.6) is 11.5 Å². The molecule has 0 unspecified atom stereocenters. The summed E-state index contributed by atoms with van der Waals surface area (Å²) in [6.07, 6.45) is 0. The number of hydrogen-bond acceptors (Lipinski definition) is 6. The van der Waals surface area contributed by atoms with Gasteiger partial charge in [0.2, 0.25) is 5.75 Å². The number of rotatable bonds is 5. The average Bonchev–Trinajstić information content (AvgIpc) is 2.53. The average molecular weight is 302 g/mol. The van der Waals surface area contributed by atoms with Crippen molar-refractivity contribution in [3.8, 4) is 22.6 Å². The van der Waals surface area contributed by atoms with Crippen molar-refractivity contribution < 1.29 is 24.3 Å². The first kappa shape index (κ1) is 15.3. The van der Waals surface area contributed by atoms with Gasteiger partial charge in [-0.15, -0.1) is 0 Å². The number of carbonyl (C=O) groups excluding carboxylic acids is 1. The van der Waals surface area contributed by atoms with Crippen LogP contribution >= 0.6 is 0 Å². The van der Waals surface area contributed by atoms with Crippen molar-refractivity contribution in [3.05, 3.63) is 52.1 Å². The Kier molecular flexibility index (Phi) is 4.26. The normalized spacial score (nSPS) is 10.1. The highest BCUT2D eigenvalue weighted by Gasteiger charge is 2.22. The van der Waals surface area contributed by atoms with Crippen LogP contribution in [0.2, 0.25) is 0 Å². The van der Waals surface area contributed by atoms with Gasteiger partial charge < -0.3 is 19.4 Å². The summed E-state index contributed by atoms with van der Waals surface area (Å²) in [5, 5.41) is 22.2. The fraction of sp³-hybridized carbons (Fsp3) is 0.133. The molecule has 0 fully saturated rings. The van der Waals surface area contributed by atoms with Gasteiger partial charge in [0.05, 0.1) is 25.1 Å². The Morgan fingerprint density at radius 1 is 1.14 bits per heavy atom. The summed E-state index contributed by atoms with van der Waals surface area (Å²) in [6, 6.07) is 8.87. The lowest BCUT2D eigenvalue weighted by molar-refractivity contribution is -0.385. The van der Waals surface area contributed by atoms with Crippen LogP contribution in [0.4, 0.5) is 5.69 Å². The second-order valence-corrected chi connectivity index (χ2v) is 4.35. The third-order valence-electron chi connectivity index (χ3n) is 3.09. The number of carboxylic acid groups (broad SMARTS) is 1. The molecule has 0 saturated heterocycles. The number of carboxylic acids is 1. The summed E-state index contributed by atoms with van der Waals surface area (Å²) in [5.74, 6) is -1.00. The molecule has 2 aromatic rings. The van der Waals surface area contributed by atoms with Crippen LogP contribution in [0.3, 0.4) is 0 Å². The zero-order valence-electron chi connectivity index (χ0n) is 11.9. The summed E-state index contributed by atoms with van der Waals surface area (Å²) in [5.41, 5.74) is 0.0598. The van der Waals surface area contributed by atoms with Gasteiger partial charge in [0.1, 0.15) is 5.75 Å². The Labute approximate surface area is 125 Å². The molecule has 0 N–H and O–H groups in total. The van der Waals surface area contributed by atoms with E-state index in [1.807, 2.05) is 0 Å². The van der Waals surface area contributed by atoms with Crippen molar-refractivity contribution in [2.24, 2.45) is 0 Å². The maximum atomic E-state index is 11.1. The molecule has 7 nitrogen and oxygen atoms in total. The van der Waals surface area contributed by atoms with E-state index < -0.39 is 16.6 Å². The van der Waals surface area contributed by atoms with Gasteiger partial charge in [0.25, 0.3) is 0 Å². The molecule has 7 heteroatoms. The maximum absolute atomic E-state index is 11.1. The van der Waals surface area contributed by atoms with Crippen molar-refractivity contribution >= 4 is 11.7 Å². The minimum absolute atomic E-state index is 0.0248. The second-order valence-electron chi connectivity index (χ2n) is 4.35. The largest absolute Gasteiger partial charge is 0.545 e. The van der Waals surface area contributed by atoms with E-state index in [1.165, 1.54) is 20.3 Å². The van der Waals surface area contributed by atoms with Crippen molar-refractivity contribution in [3.63, 3.8) is 0 Å². The molecular formula is C15H12NO6-. The molecule has 114 valence electrons. The van der Waals surface area contributed by atoms with Crippen LogP contribution in [0, 0.1) is 10.1 Å².